The molecule has 2 nitrogen and oxygen atoms in total. The SMILES string of the molecule is CC1CNCc2ccc(C3CCCC3)nc21.Cl. The van der Waals surface area contributed by atoms with Crippen LogP contribution in [0.25, 0.3) is 0 Å². The van der Waals surface area contributed by atoms with Gasteiger partial charge in [0.15, 0.2) is 0 Å². The van der Waals surface area contributed by atoms with Crippen LogP contribution in [0, 0.1) is 0 Å². The molecule has 1 N–H and O–H groups in total. The second-order valence-corrected chi connectivity index (χ2v) is 5.29. The fourth-order valence-corrected chi connectivity index (χ4v) is 3.06. The lowest BCUT2D eigenvalue weighted by atomic mass is 9.95. The van der Waals surface area contributed by atoms with Gasteiger partial charge in [-0.3, -0.25) is 4.98 Å². The van der Waals surface area contributed by atoms with Crippen LogP contribution < -0.4 is 5.32 Å². The van der Waals surface area contributed by atoms with Crippen molar-refractivity contribution in [3.05, 3.63) is 29.1 Å². The maximum absolute atomic E-state index is 4.94. The zero-order valence-corrected chi connectivity index (χ0v) is 11.2. The fourth-order valence-electron chi connectivity index (χ4n) is 3.06. The molecule has 0 saturated heterocycles. The first kappa shape index (κ1) is 12.8. The number of rotatable bonds is 1. The Balaban J connectivity index is 0.00000108. The maximum atomic E-state index is 4.94. The summed E-state index contributed by atoms with van der Waals surface area (Å²) in [6.07, 6.45) is 5.47. The maximum Gasteiger partial charge on any atom is 0.0492 e. The number of aromatic nitrogens is 1. The second kappa shape index (κ2) is 5.36. The number of nitrogens with one attached hydrogen (secondary N) is 1. The topological polar surface area (TPSA) is 24.9 Å². The van der Waals surface area contributed by atoms with E-state index < -0.39 is 0 Å². The summed E-state index contributed by atoms with van der Waals surface area (Å²) in [5.74, 6) is 1.32. The van der Waals surface area contributed by atoms with E-state index in [1.165, 1.54) is 42.6 Å². The summed E-state index contributed by atoms with van der Waals surface area (Å²) in [6, 6.07) is 4.55. The third-order valence-electron chi connectivity index (χ3n) is 4.04. The third-order valence-corrected chi connectivity index (χ3v) is 4.04. The van der Waals surface area contributed by atoms with Crippen LogP contribution in [0.15, 0.2) is 12.1 Å². The van der Waals surface area contributed by atoms with E-state index >= 15 is 0 Å². The third kappa shape index (κ3) is 2.48. The number of halogens is 1. The highest BCUT2D eigenvalue weighted by Crippen LogP contribution is 2.34. The van der Waals surface area contributed by atoms with Gasteiger partial charge in [-0.05, 0) is 24.5 Å². The molecule has 17 heavy (non-hydrogen) atoms. The number of nitrogens with zero attached hydrogens (tertiary/aromatic N) is 1. The Kier molecular flexibility index (Phi) is 4.05. The summed E-state index contributed by atoms with van der Waals surface area (Å²) in [5, 5.41) is 3.44. The number of hydrogen-bond acceptors (Lipinski definition) is 2. The number of pyridine rings is 1. The van der Waals surface area contributed by atoms with Crippen molar-refractivity contribution < 1.29 is 0 Å². The summed E-state index contributed by atoms with van der Waals surface area (Å²) in [5.41, 5.74) is 4.11. The lowest BCUT2D eigenvalue weighted by molar-refractivity contribution is 0.549. The van der Waals surface area contributed by atoms with Crippen molar-refractivity contribution in [2.75, 3.05) is 6.54 Å². The van der Waals surface area contributed by atoms with E-state index in [4.69, 9.17) is 4.98 Å². The first-order valence-electron chi connectivity index (χ1n) is 6.55. The predicted octanol–water partition coefficient (Wildman–Crippen LogP) is 3.37. The van der Waals surface area contributed by atoms with Crippen LogP contribution in [0.4, 0.5) is 0 Å². The lowest BCUT2D eigenvalue weighted by Gasteiger charge is -2.23. The van der Waals surface area contributed by atoms with Crippen LogP contribution in [0.1, 0.15) is 61.4 Å². The van der Waals surface area contributed by atoms with Crippen molar-refractivity contribution in [3.63, 3.8) is 0 Å². The molecule has 2 aliphatic rings. The highest BCUT2D eigenvalue weighted by molar-refractivity contribution is 5.85. The first-order chi connectivity index (χ1) is 7.84. The minimum absolute atomic E-state index is 0. The summed E-state index contributed by atoms with van der Waals surface area (Å²) in [7, 11) is 0. The van der Waals surface area contributed by atoms with E-state index in [1.807, 2.05) is 0 Å². The van der Waals surface area contributed by atoms with Gasteiger partial charge in [0.05, 0.1) is 0 Å². The zero-order chi connectivity index (χ0) is 11.0. The Bertz CT molecular complexity index is 386. The summed E-state index contributed by atoms with van der Waals surface area (Å²) in [6.45, 7) is 4.35. The molecule has 1 aromatic heterocycles. The Hall–Kier alpha value is -0.600. The van der Waals surface area contributed by atoms with Crippen LogP contribution >= 0.6 is 12.4 Å². The van der Waals surface area contributed by atoms with Crippen molar-refractivity contribution in [1.82, 2.24) is 10.3 Å². The molecule has 94 valence electrons. The highest BCUT2D eigenvalue weighted by atomic mass is 35.5. The molecule has 0 radical (unpaired) electrons. The second-order valence-electron chi connectivity index (χ2n) is 5.29. The van der Waals surface area contributed by atoms with E-state index in [1.54, 1.807) is 0 Å². The van der Waals surface area contributed by atoms with Gasteiger partial charge >= 0.3 is 0 Å². The van der Waals surface area contributed by atoms with Gasteiger partial charge in [0, 0.05) is 36.3 Å². The molecular formula is C14H21ClN2. The lowest BCUT2D eigenvalue weighted by Crippen LogP contribution is -2.28. The average Bonchev–Trinajstić information content (AvgIpc) is 2.83. The monoisotopic (exact) mass is 252 g/mol. The number of fused-ring (bicyclic) bond motifs is 1. The largest absolute Gasteiger partial charge is 0.312 e. The first-order valence-corrected chi connectivity index (χ1v) is 6.55. The van der Waals surface area contributed by atoms with Crippen molar-refractivity contribution in [2.24, 2.45) is 0 Å². The molecule has 1 aliphatic carbocycles. The zero-order valence-electron chi connectivity index (χ0n) is 10.4. The fraction of sp³-hybridized carbons (Fsp3) is 0.643. The molecule has 0 bridgehead atoms. The Morgan fingerprint density at radius 2 is 2.00 bits per heavy atom. The van der Waals surface area contributed by atoms with E-state index in [-0.39, 0.29) is 12.4 Å². The molecule has 0 aromatic carbocycles. The standard InChI is InChI=1S/C14H20N2.ClH/c1-10-8-15-9-12-6-7-13(16-14(10)12)11-4-2-3-5-11;/h6-7,10-11,15H,2-5,8-9H2,1H3;1H. The molecule has 1 aliphatic heterocycles. The van der Waals surface area contributed by atoms with Gasteiger partial charge in [-0.1, -0.05) is 25.8 Å². The van der Waals surface area contributed by atoms with E-state index in [9.17, 15) is 0 Å². The van der Waals surface area contributed by atoms with Crippen LogP contribution in [0.2, 0.25) is 0 Å². The van der Waals surface area contributed by atoms with Crippen molar-refractivity contribution in [2.45, 2.75) is 51.0 Å². The molecule has 1 fully saturated rings. The normalized spacial score (nSPS) is 24.2. The van der Waals surface area contributed by atoms with Crippen LogP contribution in [0.5, 0.6) is 0 Å². The Morgan fingerprint density at radius 1 is 1.24 bits per heavy atom. The summed E-state index contributed by atoms with van der Waals surface area (Å²) < 4.78 is 0. The van der Waals surface area contributed by atoms with E-state index in [0.29, 0.717) is 5.92 Å². The van der Waals surface area contributed by atoms with Crippen LogP contribution in [-0.2, 0) is 6.54 Å². The van der Waals surface area contributed by atoms with Crippen LogP contribution in [0.3, 0.4) is 0 Å². The van der Waals surface area contributed by atoms with Crippen molar-refractivity contribution in [3.8, 4) is 0 Å². The molecule has 2 heterocycles. The van der Waals surface area contributed by atoms with Gasteiger partial charge in [0.25, 0.3) is 0 Å². The van der Waals surface area contributed by atoms with Crippen molar-refractivity contribution >= 4 is 12.4 Å². The molecule has 1 atom stereocenters. The minimum Gasteiger partial charge on any atom is -0.312 e. The van der Waals surface area contributed by atoms with Crippen LogP contribution in [-0.4, -0.2) is 11.5 Å². The molecule has 3 heteroatoms. The number of hydrogen-bond donors (Lipinski definition) is 1. The Morgan fingerprint density at radius 3 is 2.76 bits per heavy atom. The Labute approximate surface area is 110 Å². The molecule has 0 spiro atoms. The van der Waals surface area contributed by atoms with Gasteiger partial charge in [-0.25, -0.2) is 0 Å². The van der Waals surface area contributed by atoms with Gasteiger partial charge < -0.3 is 5.32 Å². The quantitative estimate of drug-likeness (QED) is 0.829. The van der Waals surface area contributed by atoms with Gasteiger partial charge in [-0.15, -0.1) is 12.4 Å². The van der Waals surface area contributed by atoms with E-state index in [2.05, 4.69) is 24.4 Å². The molecule has 0 amide bonds. The van der Waals surface area contributed by atoms with E-state index in [0.717, 1.165) is 19.0 Å². The smallest absolute Gasteiger partial charge is 0.0492 e. The van der Waals surface area contributed by atoms with Gasteiger partial charge in [-0.2, -0.15) is 0 Å². The van der Waals surface area contributed by atoms with Gasteiger partial charge in [0.2, 0.25) is 0 Å². The molecular weight excluding hydrogens is 232 g/mol. The van der Waals surface area contributed by atoms with Gasteiger partial charge in [0.1, 0.15) is 0 Å². The summed E-state index contributed by atoms with van der Waals surface area (Å²) >= 11 is 0. The average molecular weight is 253 g/mol. The summed E-state index contributed by atoms with van der Waals surface area (Å²) in [4.78, 5) is 4.94. The highest BCUT2D eigenvalue weighted by Gasteiger charge is 2.22. The molecule has 1 saturated carbocycles. The predicted molar refractivity (Wildman–Crippen MR) is 72.8 cm³/mol. The molecule has 3 rings (SSSR count). The molecule has 1 aromatic rings. The molecule has 1 unspecified atom stereocenters. The van der Waals surface area contributed by atoms with Crippen molar-refractivity contribution in [1.29, 1.82) is 0 Å². The minimum atomic E-state index is 0.